The van der Waals surface area contributed by atoms with Gasteiger partial charge in [-0.1, -0.05) is 12.1 Å². The maximum Gasteiger partial charge on any atom is 0.226 e. The number of benzene rings is 1. The van der Waals surface area contributed by atoms with Crippen molar-refractivity contribution in [3.8, 4) is 5.75 Å². The van der Waals surface area contributed by atoms with Gasteiger partial charge < -0.3 is 10.0 Å². The molecular formula is C16H21NO2S. The number of thioether (sulfide) groups is 1. The van der Waals surface area contributed by atoms with E-state index in [4.69, 9.17) is 0 Å². The van der Waals surface area contributed by atoms with Crippen LogP contribution in [0.2, 0.25) is 0 Å². The predicted octanol–water partition coefficient (Wildman–Crippen LogP) is 2.85. The second kappa shape index (κ2) is 6.08. The molecule has 2 saturated heterocycles. The molecule has 108 valence electrons. The van der Waals surface area contributed by atoms with E-state index < -0.39 is 0 Å². The van der Waals surface area contributed by atoms with Gasteiger partial charge in [0.25, 0.3) is 0 Å². The van der Waals surface area contributed by atoms with Crippen molar-refractivity contribution in [3.63, 3.8) is 0 Å². The fourth-order valence-corrected chi connectivity index (χ4v) is 4.38. The molecular weight excluding hydrogens is 270 g/mol. The topological polar surface area (TPSA) is 40.5 Å². The molecule has 20 heavy (non-hydrogen) atoms. The van der Waals surface area contributed by atoms with Gasteiger partial charge in [-0.3, -0.25) is 4.79 Å². The monoisotopic (exact) mass is 291 g/mol. The van der Waals surface area contributed by atoms with Gasteiger partial charge in [-0.25, -0.2) is 0 Å². The van der Waals surface area contributed by atoms with E-state index in [0.717, 1.165) is 43.9 Å². The molecule has 4 heteroatoms. The maximum absolute atomic E-state index is 12.4. The highest BCUT2D eigenvalue weighted by molar-refractivity contribution is 7.99. The Labute approximate surface area is 124 Å². The fourth-order valence-electron chi connectivity index (χ4n) is 3.17. The lowest BCUT2D eigenvalue weighted by Gasteiger charge is -2.33. The first-order valence-electron chi connectivity index (χ1n) is 7.39. The Bertz CT molecular complexity index is 460. The zero-order chi connectivity index (χ0) is 13.9. The van der Waals surface area contributed by atoms with E-state index in [-0.39, 0.29) is 5.92 Å². The smallest absolute Gasteiger partial charge is 0.226 e. The minimum Gasteiger partial charge on any atom is -0.508 e. The number of hydrogen-bond acceptors (Lipinski definition) is 3. The summed E-state index contributed by atoms with van der Waals surface area (Å²) in [5.41, 5.74) is 1.28. The molecule has 2 aliphatic heterocycles. The highest BCUT2D eigenvalue weighted by Gasteiger charge is 2.30. The first kappa shape index (κ1) is 13.8. The number of amides is 1. The van der Waals surface area contributed by atoms with Crippen molar-refractivity contribution in [1.82, 2.24) is 4.90 Å². The van der Waals surface area contributed by atoms with Gasteiger partial charge in [0.1, 0.15) is 5.75 Å². The van der Waals surface area contributed by atoms with Crippen molar-refractivity contribution in [3.05, 3.63) is 29.8 Å². The molecule has 1 aromatic rings. The van der Waals surface area contributed by atoms with E-state index in [2.05, 4.69) is 4.90 Å². The van der Waals surface area contributed by atoms with Crippen LogP contribution in [0.4, 0.5) is 0 Å². The van der Waals surface area contributed by atoms with Gasteiger partial charge in [-0.2, -0.15) is 11.8 Å². The van der Waals surface area contributed by atoms with Crippen LogP contribution in [0, 0.1) is 5.92 Å². The van der Waals surface area contributed by atoms with Gasteiger partial charge in [0, 0.05) is 24.8 Å². The number of carbonyl (C=O) groups excluding carboxylic acids is 1. The number of phenols is 1. The number of piperidine rings is 1. The second-order valence-corrected chi connectivity index (χ2v) is 6.90. The Morgan fingerprint density at radius 3 is 2.45 bits per heavy atom. The first-order valence-corrected chi connectivity index (χ1v) is 8.55. The van der Waals surface area contributed by atoms with Crippen molar-refractivity contribution in [2.45, 2.75) is 25.2 Å². The molecule has 1 atom stereocenters. The minimum atomic E-state index is 0.269. The van der Waals surface area contributed by atoms with E-state index in [1.54, 1.807) is 12.1 Å². The predicted molar refractivity (Wildman–Crippen MR) is 82.1 cm³/mol. The Balaban J connectivity index is 1.56. The zero-order valence-corrected chi connectivity index (χ0v) is 12.4. The molecule has 2 heterocycles. The van der Waals surface area contributed by atoms with Crippen LogP contribution in [0.1, 0.15) is 30.7 Å². The normalized spacial score (nSPS) is 24.0. The Kier molecular flexibility index (Phi) is 4.20. The van der Waals surface area contributed by atoms with Crippen LogP contribution >= 0.6 is 11.8 Å². The number of likely N-dealkylation sites (tertiary alicyclic amines) is 1. The van der Waals surface area contributed by atoms with E-state index in [1.807, 2.05) is 23.9 Å². The lowest BCUT2D eigenvalue weighted by Crippen LogP contribution is -2.41. The summed E-state index contributed by atoms with van der Waals surface area (Å²) in [4.78, 5) is 14.4. The molecule has 1 amide bonds. The van der Waals surface area contributed by atoms with Crippen LogP contribution in [0.5, 0.6) is 5.75 Å². The molecule has 0 saturated carbocycles. The van der Waals surface area contributed by atoms with Crippen LogP contribution in [-0.4, -0.2) is 40.5 Å². The van der Waals surface area contributed by atoms with E-state index in [1.165, 1.54) is 5.56 Å². The standard InChI is InChI=1S/C16H21NO2S/c18-15-3-1-12(2-4-15)13-5-8-17(9-6-13)16(19)14-7-10-20-11-14/h1-4,13-14,18H,5-11H2. The summed E-state index contributed by atoms with van der Waals surface area (Å²) in [5, 5.41) is 9.34. The number of aromatic hydroxyl groups is 1. The summed E-state index contributed by atoms with van der Waals surface area (Å²) in [6, 6.07) is 7.52. The second-order valence-electron chi connectivity index (χ2n) is 5.75. The average molecular weight is 291 g/mol. The van der Waals surface area contributed by atoms with Crippen molar-refractivity contribution in [1.29, 1.82) is 0 Å². The molecule has 3 rings (SSSR count). The minimum absolute atomic E-state index is 0.269. The molecule has 0 spiro atoms. The number of hydrogen-bond donors (Lipinski definition) is 1. The molecule has 0 aromatic heterocycles. The van der Waals surface area contributed by atoms with Gasteiger partial charge in [0.15, 0.2) is 0 Å². The van der Waals surface area contributed by atoms with Gasteiger partial charge in [0.05, 0.1) is 0 Å². The summed E-state index contributed by atoms with van der Waals surface area (Å²) in [5.74, 6) is 3.64. The van der Waals surface area contributed by atoms with Crippen LogP contribution in [0.3, 0.4) is 0 Å². The van der Waals surface area contributed by atoms with Crippen LogP contribution in [0.25, 0.3) is 0 Å². The van der Waals surface area contributed by atoms with Gasteiger partial charge in [-0.15, -0.1) is 0 Å². The number of phenolic OH excluding ortho intramolecular Hbond substituents is 1. The van der Waals surface area contributed by atoms with Crippen LogP contribution < -0.4 is 0 Å². The Hall–Kier alpha value is -1.16. The van der Waals surface area contributed by atoms with E-state index in [0.29, 0.717) is 17.6 Å². The quantitative estimate of drug-likeness (QED) is 0.911. The molecule has 0 radical (unpaired) electrons. The van der Waals surface area contributed by atoms with Crippen LogP contribution in [-0.2, 0) is 4.79 Å². The number of rotatable bonds is 2. The van der Waals surface area contributed by atoms with Gasteiger partial charge >= 0.3 is 0 Å². The molecule has 1 N–H and O–H groups in total. The molecule has 2 aliphatic rings. The van der Waals surface area contributed by atoms with Gasteiger partial charge in [-0.05, 0) is 48.6 Å². The molecule has 1 unspecified atom stereocenters. The van der Waals surface area contributed by atoms with E-state index in [9.17, 15) is 9.90 Å². The summed E-state index contributed by atoms with van der Waals surface area (Å²) >= 11 is 1.90. The van der Waals surface area contributed by atoms with Crippen LogP contribution in [0.15, 0.2) is 24.3 Å². The molecule has 2 fully saturated rings. The van der Waals surface area contributed by atoms with Gasteiger partial charge in [0.2, 0.25) is 5.91 Å². The van der Waals surface area contributed by atoms with Crippen molar-refractivity contribution in [2.75, 3.05) is 24.6 Å². The highest BCUT2D eigenvalue weighted by atomic mass is 32.2. The zero-order valence-electron chi connectivity index (χ0n) is 11.6. The van der Waals surface area contributed by atoms with Crippen molar-refractivity contribution in [2.24, 2.45) is 5.92 Å². The first-order chi connectivity index (χ1) is 9.74. The summed E-state index contributed by atoms with van der Waals surface area (Å²) in [6.45, 7) is 1.76. The lowest BCUT2D eigenvalue weighted by molar-refractivity contribution is -0.135. The number of carbonyl (C=O) groups is 1. The fraction of sp³-hybridized carbons (Fsp3) is 0.562. The molecule has 0 aliphatic carbocycles. The Morgan fingerprint density at radius 1 is 1.15 bits per heavy atom. The largest absolute Gasteiger partial charge is 0.508 e. The third kappa shape index (κ3) is 2.95. The summed E-state index contributed by atoms with van der Waals surface area (Å²) in [6.07, 6.45) is 3.13. The third-order valence-electron chi connectivity index (χ3n) is 4.45. The third-order valence-corrected chi connectivity index (χ3v) is 5.61. The van der Waals surface area contributed by atoms with Crippen molar-refractivity contribution < 1.29 is 9.90 Å². The summed E-state index contributed by atoms with van der Waals surface area (Å²) < 4.78 is 0. The molecule has 3 nitrogen and oxygen atoms in total. The highest BCUT2D eigenvalue weighted by Crippen LogP contribution is 2.31. The maximum atomic E-state index is 12.4. The molecule has 0 bridgehead atoms. The van der Waals surface area contributed by atoms with E-state index >= 15 is 0 Å². The SMILES string of the molecule is O=C(C1CCSC1)N1CCC(c2ccc(O)cc2)CC1. The van der Waals surface area contributed by atoms with Crippen molar-refractivity contribution >= 4 is 17.7 Å². The molecule has 1 aromatic carbocycles. The number of nitrogens with zero attached hydrogens (tertiary/aromatic N) is 1. The Morgan fingerprint density at radius 2 is 1.85 bits per heavy atom. The lowest BCUT2D eigenvalue weighted by atomic mass is 9.89. The summed E-state index contributed by atoms with van der Waals surface area (Å²) in [7, 11) is 0. The average Bonchev–Trinajstić information content (AvgIpc) is 3.02.